The van der Waals surface area contributed by atoms with Crippen LogP contribution in [0.5, 0.6) is 0 Å². The van der Waals surface area contributed by atoms with Crippen molar-refractivity contribution in [2.45, 2.75) is 38.8 Å². The molecule has 8 nitrogen and oxygen atoms in total. The Morgan fingerprint density at radius 1 is 1.35 bits per heavy atom. The number of anilines is 1. The molecular formula is C12H13N3O5. The molecule has 3 heterocycles. The van der Waals surface area contributed by atoms with Crippen LogP contribution in [0.15, 0.2) is 4.52 Å². The molecule has 0 spiro atoms. The number of hydrogen-bond donors (Lipinski definition) is 1. The Balaban J connectivity index is 1.99. The topological polar surface area (TPSA) is 104 Å². The second-order valence-corrected chi connectivity index (χ2v) is 5.00. The zero-order valence-corrected chi connectivity index (χ0v) is 10.8. The summed E-state index contributed by atoms with van der Waals surface area (Å²) in [6.45, 7) is 1.85. The van der Waals surface area contributed by atoms with Crippen molar-refractivity contribution in [3.63, 3.8) is 0 Å². The highest BCUT2D eigenvalue weighted by Crippen LogP contribution is 2.33. The fourth-order valence-corrected chi connectivity index (χ4v) is 2.60. The van der Waals surface area contributed by atoms with Crippen LogP contribution in [0.25, 0.3) is 0 Å². The van der Waals surface area contributed by atoms with E-state index in [2.05, 4.69) is 5.16 Å². The molecule has 1 fully saturated rings. The maximum atomic E-state index is 11.7. The van der Waals surface area contributed by atoms with Gasteiger partial charge in [-0.15, -0.1) is 0 Å². The van der Waals surface area contributed by atoms with Gasteiger partial charge < -0.3 is 14.5 Å². The van der Waals surface area contributed by atoms with Gasteiger partial charge in [0.05, 0.1) is 17.8 Å². The smallest absolute Gasteiger partial charge is 0.407 e. The molecule has 0 saturated carbocycles. The molecule has 1 N–H and O–H groups in total. The van der Waals surface area contributed by atoms with Crippen LogP contribution in [0, 0.1) is 0 Å². The van der Waals surface area contributed by atoms with E-state index in [9.17, 15) is 14.4 Å². The lowest BCUT2D eigenvalue weighted by molar-refractivity contribution is -0.121. The van der Waals surface area contributed by atoms with Crippen molar-refractivity contribution in [2.24, 2.45) is 0 Å². The first-order valence-corrected chi connectivity index (χ1v) is 6.31. The van der Waals surface area contributed by atoms with Crippen molar-refractivity contribution in [1.82, 2.24) is 10.1 Å². The van der Waals surface area contributed by atoms with Gasteiger partial charge in [0.1, 0.15) is 0 Å². The summed E-state index contributed by atoms with van der Waals surface area (Å²) in [6.07, 6.45) is -0.350. The van der Waals surface area contributed by atoms with E-state index in [4.69, 9.17) is 9.63 Å². The molecule has 3 amide bonds. The molecule has 1 unspecified atom stereocenters. The molecule has 0 aromatic carbocycles. The number of rotatable bonds is 1. The fraction of sp³-hybridized carbons (Fsp3) is 0.500. The predicted octanol–water partition coefficient (Wildman–Crippen LogP) is 0.753. The molecule has 1 atom stereocenters. The van der Waals surface area contributed by atoms with Crippen molar-refractivity contribution in [2.75, 3.05) is 4.90 Å². The summed E-state index contributed by atoms with van der Waals surface area (Å²) < 4.78 is 5.13. The zero-order chi connectivity index (χ0) is 14.4. The summed E-state index contributed by atoms with van der Waals surface area (Å²) in [6, 6.07) is -0.220. The zero-order valence-electron chi connectivity index (χ0n) is 10.8. The summed E-state index contributed by atoms with van der Waals surface area (Å²) in [7, 11) is 0. The lowest BCUT2D eigenvalue weighted by atomic mass is 10.0. The van der Waals surface area contributed by atoms with Crippen LogP contribution < -0.4 is 4.90 Å². The number of amides is 3. The van der Waals surface area contributed by atoms with Gasteiger partial charge in [0, 0.05) is 25.3 Å². The van der Waals surface area contributed by atoms with Gasteiger partial charge in [-0.05, 0) is 6.92 Å². The summed E-state index contributed by atoms with van der Waals surface area (Å²) in [4.78, 5) is 36.9. The molecule has 106 valence electrons. The van der Waals surface area contributed by atoms with Crippen molar-refractivity contribution >= 4 is 23.8 Å². The van der Waals surface area contributed by atoms with Gasteiger partial charge in [-0.1, -0.05) is 5.16 Å². The lowest BCUT2D eigenvalue weighted by Gasteiger charge is -2.30. The normalized spacial score (nSPS) is 22.4. The van der Waals surface area contributed by atoms with E-state index in [1.54, 1.807) is 6.92 Å². The molecule has 8 heteroatoms. The van der Waals surface area contributed by atoms with Crippen LogP contribution in [0.1, 0.15) is 31.0 Å². The summed E-state index contributed by atoms with van der Waals surface area (Å²) >= 11 is 0. The maximum absolute atomic E-state index is 11.7. The number of hydrogen-bond acceptors (Lipinski definition) is 5. The molecule has 0 radical (unpaired) electrons. The van der Waals surface area contributed by atoms with E-state index < -0.39 is 6.09 Å². The van der Waals surface area contributed by atoms with Crippen molar-refractivity contribution < 1.29 is 24.0 Å². The Hall–Kier alpha value is -2.38. The third kappa shape index (κ3) is 1.75. The minimum Gasteiger partial charge on any atom is -0.465 e. The fourth-order valence-electron chi connectivity index (χ4n) is 2.60. The van der Waals surface area contributed by atoms with E-state index >= 15 is 0 Å². The quantitative estimate of drug-likeness (QED) is 0.761. The molecule has 1 aromatic heterocycles. The average molecular weight is 279 g/mol. The van der Waals surface area contributed by atoms with Crippen LogP contribution in [-0.4, -0.2) is 39.1 Å². The first-order chi connectivity index (χ1) is 9.49. The Morgan fingerprint density at radius 3 is 2.60 bits per heavy atom. The number of imide groups is 1. The standard InChI is InChI=1S/C12H13N3O5/c1-6-4-8-7(5-14(6)12(18)19)11(20-13-8)15-9(16)2-3-10(15)17/h6H,2-5H2,1H3,(H,18,19). The van der Waals surface area contributed by atoms with Crippen molar-refractivity contribution in [3.05, 3.63) is 11.3 Å². The SMILES string of the molecule is CC1Cc2noc(N3C(=O)CCC3=O)c2CN1C(=O)O. The number of nitrogens with zero attached hydrogens (tertiary/aromatic N) is 3. The number of aromatic nitrogens is 1. The summed E-state index contributed by atoms with van der Waals surface area (Å²) in [5.74, 6) is -0.602. The van der Waals surface area contributed by atoms with Crippen LogP contribution in [0.2, 0.25) is 0 Å². The monoisotopic (exact) mass is 279 g/mol. The molecule has 20 heavy (non-hydrogen) atoms. The summed E-state index contributed by atoms with van der Waals surface area (Å²) in [5.41, 5.74) is 1.12. The van der Waals surface area contributed by atoms with Crippen LogP contribution >= 0.6 is 0 Å². The second-order valence-electron chi connectivity index (χ2n) is 5.00. The molecule has 3 rings (SSSR count). The number of carbonyl (C=O) groups is 3. The minimum absolute atomic E-state index is 0.0712. The van der Waals surface area contributed by atoms with Gasteiger partial charge in [-0.3, -0.25) is 9.59 Å². The van der Waals surface area contributed by atoms with E-state index in [1.165, 1.54) is 4.90 Å². The van der Waals surface area contributed by atoms with Gasteiger partial charge >= 0.3 is 6.09 Å². The van der Waals surface area contributed by atoms with Crippen molar-refractivity contribution in [1.29, 1.82) is 0 Å². The van der Waals surface area contributed by atoms with Crippen LogP contribution in [0.3, 0.4) is 0 Å². The van der Waals surface area contributed by atoms with Gasteiger partial charge in [0.2, 0.25) is 17.7 Å². The van der Waals surface area contributed by atoms with E-state index in [0.29, 0.717) is 17.7 Å². The predicted molar refractivity (Wildman–Crippen MR) is 65.0 cm³/mol. The first kappa shape index (κ1) is 12.6. The van der Waals surface area contributed by atoms with E-state index in [1.807, 2.05) is 0 Å². The Bertz CT molecular complexity index is 592. The van der Waals surface area contributed by atoms with Gasteiger partial charge in [0.15, 0.2) is 0 Å². The highest BCUT2D eigenvalue weighted by molar-refractivity contribution is 6.19. The van der Waals surface area contributed by atoms with Crippen LogP contribution in [0.4, 0.5) is 10.7 Å². The Labute approximate surface area is 113 Å². The minimum atomic E-state index is -1.05. The highest BCUT2D eigenvalue weighted by Gasteiger charge is 2.39. The largest absolute Gasteiger partial charge is 0.465 e. The molecule has 2 aliphatic rings. The van der Waals surface area contributed by atoms with Gasteiger partial charge in [-0.2, -0.15) is 0 Å². The average Bonchev–Trinajstić information content (AvgIpc) is 2.92. The van der Waals surface area contributed by atoms with E-state index in [0.717, 1.165) is 4.90 Å². The number of fused-ring (bicyclic) bond motifs is 1. The van der Waals surface area contributed by atoms with Gasteiger partial charge in [0.25, 0.3) is 0 Å². The number of carboxylic acid groups (broad SMARTS) is 1. The molecule has 1 aromatic rings. The number of carbonyl (C=O) groups excluding carboxylic acids is 2. The molecule has 0 bridgehead atoms. The molecular weight excluding hydrogens is 266 g/mol. The first-order valence-electron chi connectivity index (χ1n) is 6.31. The lowest BCUT2D eigenvalue weighted by Crippen LogP contribution is -2.42. The maximum Gasteiger partial charge on any atom is 0.407 e. The highest BCUT2D eigenvalue weighted by atomic mass is 16.5. The van der Waals surface area contributed by atoms with Gasteiger partial charge in [-0.25, -0.2) is 9.69 Å². The molecule has 1 saturated heterocycles. The van der Waals surface area contributed by atoms with Crippen LogP contribution in [-0.2, 0) is 22.6 Å². The molecule has 2 aliphatic heterocycles. The van der Waals surface area contributed by atoms with E-state index in [-0.39, 0.29) is 43.1 Å². The summed E-state index contributed by atoms with van der Waals surface area (Å²) in [5, 5.41) is 13.0. The Kier molecular flexibility index (Phi) is 2.73. The second kappa shape index (κ2) is 4.32. The third-order valence-corrected chi connectivity index (χ3v) is 3.70. The Morgan fingerprint density at radius 2 is 2.00 bits per heavy atom. The van der Waals surface area contributed by atoms with Crippen molar-refractivity contribution in [3.8, 4) is 0 Å². The third-order valence-electron chi connectivity index (χ3n) is 3.70. The molecule has 0 aliphatic carbocycles.